The van der Waals surface area contributed by atoms with Gasteiger partial charge in [0.25, 0.3) is 0 Å². The SMILES string of the molecule is N#CC1CCCC1NCC1(O)CCCCC1. The van der Waals surface area contributed by atoms with Crippen LogP contribution in [0.2, 0.25) is 0 Å². The summed E-state index contributed by atoms with van der Waals surface area (Å²) in [6, 6.07) is 2.69. The van der Waals surface area contributed by atoms with E-state index in [1.54, 1.807) is 0 Å². The van der Waals surface area contributed by atoms with Gasteiger partial charge in [-0.1, -0.05) is 25.7 Å². The first-order valence-electron chi connectivity index (χ1n) is 6.59. The summed E-state index contributed by atoms with van der Waals surface area (Å²) in [5.74, 6) is 0.159. The molecule has 2 N–H and O–H groups in total. The fourth-order valence-electron chi connectivity index (χ4n) is 3.07. The van der Waals surface area contributed by atoms with Crippen LogP contribution in [0.25, 0.3) is 0 Å². The average molecular weight is 222 g/mol. The molecular formula is C13H22N2O. The van der Waals surface area contributed by atoms with E-state index < -0.39 is 5.60 Å². The molecule has 0 aromatic heterocycles. The lowest BCUT2D eigenvalue weighted by molar-refractivity contribution is 0.00219. The van der Waals surface area contributed by atoms with E-state index in [4.69, 9.17) is 5.26 Å². The summed E-state index contributed by atoms with van der Waals surface area (Å²) in [7, 11) is 0. The summed E-state index contributed by atoms with van der Waals surface area (Å²) >= 11 is 0. The number of rotatable bonds is 3. The van der Waals surface area contributed by atoms with Crippen LogP contribution in [0.15, 0.2) is 0 Å². The van der Waals surface area contributed by atoms with Gasteiger partial charge in [0.1, 0.15) is 0 Å². The predicted molar refractivity (Wildman–Crippen MR) is 62.8 cm³/mol. The molecule has 3 nitrogen and oxygen atoms in total. The van der Waals surface area contributed by atoms with Gasteiger partial charge >= 0.3 is 0 Å². The molecule has 0 spiro atoms. The van der Waals surface area contributed by atoms with Crippen LogP contribution < -0.4 is 5.32 Å². The Bertz CT molecular complexity index is 266. The summed E-state index contributed by atoms with van der Waals surface area (Å²) in [5, 5.41) is 22.8. The van der Waals surface area contributed by atoms with Crippen LogP contribution in [0, 0.1) is 17.2 Å². The molecule has 0 aromatic carbocycles. The minimum Gasteiger partial charge on any atom is -0.389 e. The Morgan fingerprint density at radius 3 is 2.62 bits per heavy atom. The third kappa shape index (κ3) is 2.75. The van der Waals surface area contributed by atoms with E-state index in [9.17, 15) is 5.11 Å². The lowest BCUT2D eigenvalue weighted by Crippen LogP contribution is -2.46. The molecule has 90 valence electrons. The van der Waals surface area contributed by atoms with Gasteiger partial charge in [0.05, 0.1) is 17.6 Å². The van der Waals surface area contributed by atoms with Crippen molar-refractivity contribution in [3.05, 3.63) is 0 Å². The van der Waals surface area contributed by atoms with Gasteiger partial charge < -0.3 is 10.4 Å². The molecule has 2 unspecified atom stereocenters. The van der Waals surface area contributed by atoms with Crippen LogP contribution in [0.3, 0.4) is 0 Å². The van der Waals surface area contributed by atoms with Crippen molar-refractivity contribution in [1.82, 2.24) is 5.32 Å². The Kier molecular flexibility index (Phi) is 3.83. The first kappa shape index (κ1) is 11.9. The minimum absolute atomic E-state index is 0.159. The smallest absolute Gasteiger partial charge is 0.0771 e. The second-order valence-electron chi connectivity index (χ2n) is 5.44. The van der Waals surface area contributed by atoms with E-state index in [0.29, 0.717) is 12.6 Å². The molecule has 2 aliphatic rings. The van der Waals surface area contributed by atoms with Crippen molar-refractivity contribution in [2.45, 2.75) is 63.0 Å². The van der Waals surface area contributed by atoms with E-state index in [1.807, 2.05) is 0 Å². The second-order valence-corrected chi connectivity index (χ2v) is 5.44. The molecular weight excluding hydrogens is 200 g/mol. The molecule has 3 heteroatoms. The fourth-order valence-corrected chi connectivity index (χ4v) is 3.07. The molecule has 2 aliphatic carbocycles. The molecule has 2 rings (SSSR count). The molecule has 2 fully saturated rings. The average Bonchev–Trinajstić information content (AvgIpc) is 2.75. The van der Waals surface area contributed by atoms with Gasteiger partial charge in [-0.2, -0.15) is 5.26 Å². The standard InChI is InChI=1S/C13H22N2O/c14-9-11-5-4-6-12(11)15-10-13(16)7-2-1-3-8-13/h11-12,15-16H,1-8,10H2. The van der Waals surface area contributed by atoms with E-state index in [0.717, 1.165) is 44.9 Å². The number of hydrogen-bond acceptors (Lipinski definition) is 3. The summed E-state index contributed by atoms with van der Waals surface area (Å²) in [4.78, 5) is 0. The van der Waals surface area contributed by atoms with Crippen molar-refractivity contribution in [2.24, 2.45) is 5.92 Å². The van der Waals surface area contributed by atoms with E-state index in [2.05, 4.69) is 11.4 Å². The molecule has 2 atom stereocenters. The van der Waals surface area contributed by atoms with E-state index in [1.165, 1.54) is 6.42 Å². The maximum atomic E-state index is 10.3. The van der Waals surface area contributed by atoms with Crippen molar-refractivity contribution in [2.75, 3.05) is 6.54 Å². The van der Waals surface area contributed by atoms with Gasteiger partial charge in [-0.3, -0.25) is 0 Å². The third-order valence-corrected chi connectivity index (χ3v) is 4.16. The largest absolute Gasteiger partial charge is 0.389 e. The Morgan fingerprint density at radius 1 is 1.19 bits per heavy atom. The number of hydrogen-bond donors (Lipinski definition) is 2. The second kappa shape index (κ2) is 5.16. The fraction of sp³-hybridized carbons (Fsp3) is 0.923. The van der Waals surface area contributed by atoms with Gasteiger partial charge in [-0.15, -0.1) is 0 Å². The van der Waals surface area contributed by atoms with Gasteiger partial charge in [-0.25, -0.2) is 0 Å². The van der Waals surface area contributed by atoms with Crippen molar-refractivity contribution >= 4 is 0 Å². The highest BCUT2D eigenvalue weighted by atomic mass is 16.3. The van der Waals surface area contributed by atoms with Crippen LogP contribution in [0.5, 0.6) is 0 Å². The Balaban J connectivity index is 1.80. The number of aliphatic hydroxyl groups is 1. The minimum atomic E-state index is -0.499. The van der Waals surface area contributed by atoms with Crippen molar-refractivity contribution in [3.63, 3.8) is 0 Å². The normalized spacial score (nSPS) is 33.5. The lowest BCUT2D eigenvalue weighted by Gasteiger charge is -2.33. The molecule has 0 saturated heterocycles. The molecule has 0 radical (unpaired) electrons. The maximum absolute atomic E-state index is 10.3. The number of nitriles is 1. The predicted octanol–water partition coefficient (Wildman–Crippen LogP) is 1.96. The van der Waals surface area contributed by atoms with Gasteiger partial charge in [0.15, 0.2) is 0 Å². The summed E-state index contributed by atoms with van der Waals surface area (Å²) in [6.07, 6.45) is 8.64. The highest BCUT2D eigenvalue weighted by Gasteiger charge is 2.32. The topological polar surface area (TPSA) is 56.0 Å². The zero-order valence-electron chi connectivity index (χ0n) is 9.91. The van der Waals surface area contributed by atoms with Gasteiger partial charge in [0, 0.05) is 12.6 Å². The van der Waals surface area contributed by atoms with Gasteiger partial charge in [-0.05, 0) is 25.7 Å². The summed E-state index contributed by atoms with van der Waals surface area (Å²) in [5.41, 5.74) is -0.499. The molecule has 2 saturated carbocycles. The zero-order chi connectivity index (χ0) is 11.4. The van der Waals surface area contributed by atoms with Gasteiger partial charge in [0.2, 0.25) is 0 Å². The molecule has 0 amide bonds. The lowest BCUT2D eigenvalue weighted by atomic mass is 9.84. The molecule has 0 heterocycles. The highest BCUT2D eigenvalue weighted by molar-refractivity contribution is 4.97. The Hall–Kier alpha value is -0.590. The first-order chi connectivity index (χ1) is 7.73. The summed E-state index contributed by atoms with van der Waals surface area (Å²) in [6.45, 7) is 0.676. The van der Waals surface area contributed by atoms with Crippen molar-refractivity contribution in [1.29, 1.82) is 5.26 Å². The van der Waals surface area contributed by atoms with Crippen molar-refractivity contribution in [3.8, 4) is 6.07 Å². The monoisotopic (exact) mass is 222 g/mol. The molecule has 0 bridgehead atoms. The van der Waals surface area contributed by atoms with Crippen LogP contribution >= 0.6 is 0 Å². The summed E-state index contributed by atoms with van der Waals surface area (Å²) < 4.78 is 0. The Morgan fingerprint density at radius 2 is 1.94 bits per heavy atom. The zero-order valence-corrected chi connectivity index (χ0v) is 9.91. The van der Waals surface area contributed by atoms with Crippen LogP contribution in [-0.2, 0) is 0 Å². The molecule has 0 aromatic rings. The quantitative estimate of drug-likeness (QED) is 0.767. The molecule has 16 heavy (non-hydrogen) atoms. The number of nitrogens with zero attached hydrogens (tertiary/aromatic N) is 1. The first-order valence-corrected chi connectivity index (χ1v) is 6.59. The highest BCUT2D eigenvalue weighted by Crippen LogP contribution is 2.29. The van der Waals surface area contributed by atoms with E-state index in [-0.39, 0.29) is 5.92 Å². The Labute approximate surface area is 97.8 Å². The third-order valence-electron chi connectivity index (χ3n) is 4.16. The number of nitrogens with one attached hydrogen (secondary N) is 1. The van der Waals surface area contributed by atoms with E-state index >= 15 is 0 Å². The van der Waals surface area contributed by atoms with Crippen LogP contribution in [0.4, 0.5) is 0 Å². The molecule has 0 aliphatic heterocycles. The van der Waals surface area contributed by atoms with Crippen molar-refractivity contribution < 1.29 is 5.11 Å². The van der Waals surface area contributed by atoms with Crippen LogP contribution in [0.1, 0.15) is 51.4 Å². The van der Waals surface area contributed by atoms with Crippen LogP contribution in [-0.4, -0.2) is 23.3 Å². The maximum Gasteiger partial charge on any atom is 0.0771 e.